The highest BCUT2D eigenvalue weighted by atomic mass is 16.7. The molecular formula is C13H18O3. The average Bonchev–Trinajstić information content (AvgIpc) is 2.29. The molecule has 0 radical (unpaired) electrons. The van der Waals surface area contributed by atoms with Gasteiger partial charge in [-0.3, -0.25) is 0 Å². The van der Waals surface area contributed by atoms with E-state index in [-0.39, 0.29) is 18.8 Å². The summed E-state index contributed by atoms with van der Waals surface area (Å²) in [6.45, 7) is 3.85. The van der Waals surface area contributed by atoms with Crippen LogP contribution in [0, 0.1) is 0 Å². The van der Waals surface area contributed by atoms with Crippen LogP contribution in [0.1, 0.15) is 25.8 Å². The van der Waals surface area contributed by atoms with Crippen LogP contribution in [0.25, 0.3) is 0 Å². The second-order valence-electron chi connectivity index (χ2n) is 4.37. The van der Waals surface area contributed by atoms with E-state index in [0.717, 1.165) is 12.0 Å². The standard InChI is InChI=1S/C13H18O3/c1-10-8-11(2)16-13(9-14,15-10)12-6-4-3-5-7-12/h3-7,10-11,14H,8-9H2,1-2H3/t10-,11-/m1/s1. The maximum absolute atomic E-state index is 9.58. The van der Waals surface area contributed by atoms with Crippen LogP contribution in [-0.4, -0.2) is 23.9 Å². The van der Waals surface area contributed by atoms with E-state index in [9.17, 15) is 5.11 Å². The van der Waals surface area contributed by atoms with Gasteiger partial charge in [0, 0.05) is 5.56 Å². The Morgan fingerprint density at radius 3 is 2.25 bits per heavy atom. The quantitative estimate of drug-likeness (QED) is 0.832. The van der Waals surface area contributed by atoms with E-state index in [1.54, 1.807) is 0 Å². The van der Waals surface area contributed by atoms with Crippen LogP contribution in [0.15, 0.2) is 30.3 Å². The Kier molecular flexibility index (Phi) is 3.28. The fourth-order valence-electron chi connectivity index (χ4n) is 2.24. The maximum Gasteiger partial charge on any atom is 0.219 e. The highest BCUT2D eigenvalue weighted by Crippen LogP contribution is 2.35. The first-order chi connectivity index (χ1) is 7.66. The summed E-state index contributed by atoms with van der Waals surface area (Å²) in [5.74, 6) is -0.988. The zero-order valence-electron chi connectivity index (χ0n) is 9.72. The van der Waals surface area contributed by atoms with Gasteiger partial charge >= 0.3 is 0 Å². The summed E-state index contributed by atoms with van der Waals surface area (Å²) in [6, 6.07) is 9.61. The summed E-state index contributed by atoms with van der Waals surface area (Å²) in [6.07, 6.45) is 1.04. The molecule has 3 heteroatoms. The third-order valence-electron chi connectivity index (χ3n) is 2.87. The largest absolute Gasteiger partial charge is 0.390 e. The molecule has 2 atom stereocenters. The monoisotopic (exact) mass is 222 g/mol. The molecule has 1 N–H and O–H groups in total. The van der Waals surface area contributed by atoms with Gasteiger partial charge in [0.1, 0.15) is 6.61 Å². The molecule has 1 saturated heterocycles. The van der Waals surface area contributed by atoms with E-state index in [1.165, 1.54) is 0 Å². The first-order valence-electron chi connectivity index (χ1n) is 5.68. The topological polar surface area (TPSA) is 38.7 Å². The number of hydrogen-bond donors (Lipinski definition) is 1. The van der Waals surface area contributed by atoms with Crippen molar-refractivity contribution in [1.29, 1.82) is 0 Å². The lowest BCUT2D eigenvalue weighted by Gasteiger charge is -2.42. The Balaban J connectivity index is 2.32. The molecule has 1 aliphatic rings. The Morgan fingerprint density at radius 1 is 1.19 bits per heavy atom. The lowest BCUT2D eigenvalue weighted by molar-refractivity contribution is -0.333. The molecule has 2 rings (SSSR count). The highest BCUT2D eigenvalue weighted by molar-refractivity contribution is 5.21. The van der Waals surface area contributed by atoms with Crippen molar-refractivity contribution in [2.45, 2.75) is 38.3 Å². The van der Waals surface area contributed by atoms with E-state index in [1.807, 2.05) is 44.2 Å². The van der Waals surface area contributed by atoms with Crippen LogP contribution in [0.4, 0.5) is 0 Å². The third-order valence-corrected chi connectivity index (χ3v) is 2.87. The Hall–Kier alpha value is -0.900. The molecule has 1 aromatic rings. The minimum Gasteiger partial charge on any atom is -0.390 e. The first-order valence-corrected chi connectivity index (χ1v) is 5.68. The molecule has 1 aliphatic heterocycles. The Labute approximate surface area is 96.0 Å². The third kappa shape index (κ3) is 2.12. The summed E-state index contributed by atoms with van der Waals surface area (Å²) in [5, 5.41) is 9.58. The normalized spacial score (nSPS) is 34.9. The van der Waals surface area contributed by atoms with Gasteiger partial charge in [0.05, 0.1) is 12.2 Å². The van der Waals surface area contributed by atoms with Crippen molar-refractivity contribution in [3.63, 3.8) is 0 Å². The van der Waals surface area contributed by atoms with Crippen LogP contribution < -0.4 is 0 Å². The highest BCUT2D eigenvalue weighted by Gasteiger charge is 2.41. The smallest absolute Gasteiger partial charge is 0.219 e. The van der Waals surface area contributed by atoms with Crippen molar-refractivity contribution in [1.82, 2.24) is 0 Å². The second-order valence-corrected chi connectivity index (χ2v) is 4.37. The van der Waals surface area contributed by atoms with Crippen LogP contribution in [0.2, 0.25) is 0 Å². The molecule has 3 nitrogen and oxygen atoms in total. The lowest BCUT2D eigenvalue weighted by Crippen LogP contribution is -2.47. The van der Waals surface area contributed by atoms with Crippen molar-refractivity contribution in [2.75, 3.05) is 6.61 Å². The fourth-order valence-corrected chi connectivity index (χ4v) is 2.24. The van der Waals surface area contributed by atoms with Crippen molar-refractivity contribution < 1.29 is 14.6 Å². The minimum atomic E-state index is -0.988. The SMILES string of the molecule is C[C@@H]1C[C@@H](C)OC(CO)(c2ccccc2)O1. The predicted molar refractivity (Wildman–Crippen MR) is 60.9 cm³/mol. The predicted octanol–water partition coefficient (Wildman–Crippen LogP) is 2.05. The summed E-state index contributed by atoms with van der Waals surface area (Å²) >= 11 is 0. The maximum atomic E-state index is 9.58. The molecule has 1 heterocycles. The molecule has 0 amide bonds. The summed E-state index contributed by atoms with van der Waals surface area (Å²) in [5.41, 5.74) is 0.871. The van der Waals surface area contributed by atoms with E-state index in [4.69, 9.17) is 9.47 Å². The fraction of sp³-hybridized carbons (Fsp3) is 0.538. The second kappa shape index (κ2) is 4.53. The molecule has 0 aliphatic carbocycles. The molecule has 0 bridgehead atoms. The molecule has 1 fully saturated rings. The number of aliphatic hydroxyl groups excluding tert-OH is 1. The Bertz CT molecular complexity index is 326. The van der Waals surface area contributed by atoms with Gasteiger partial charge in [0.2, 0.25) is 5.79 Å². The molecule has 0 unspecified atom stereocenters. The summed E-state index contributed by atoms with van der Waals surface area (Å²) in [4.78, 5) is 0. The molecular weight excluding hydrogens is 204 g/mol. The van der Waals surface area contributed by atoms with Crippen molar-refractivity contribution in [3.05, 3.63) is 35.9 Å². The van der Waals surface area contributed by atoms with Crippen molar-refractivity contribution in [2.24, 2.45) is 0 Å². The molecule has 1 aromatic carbocycles. The van der Waals surface area contributed by atoms with Crippen LogP contribution in [0.5, 0.6) is 0 Å². The summed E-state index contributed by atoms with van der Waals surface area (Å²) < 4.78 is 11.6. The number of hydrogen-bond acceptors (Lipinski definition) is 3. The number of ether oxygens (including phenoxy) is 2. The number of aliphatic hydroxyl groups is 1. The van der Waals surface area contributed by atoms with Crippen LogP contribution >= 0.6 is 0 Å². The van der Waals surface area contributed by atoms with Gasteiger partial charge in [-0.15, -0.1) is 0 Å². The van der Waals surface area contributed by atoms with Gasteiger partial charge < -0.3 is 14.6 Å². The minimum absolute atomic E-state index is 0.0936. The summed E-state index contributed by atoms with van der Waals surface area (Å²) in [7, 11) is 0. The van der Waals surface area contributed by atoms with Gasteiger partial charge in [-0.05, 0) is 20.3 Å². The zero-order chi connectivity index (χ0) is 11.6. The number of benzene rings is 1. The zero-order valence-corrected chi connectivity index (χ0v) is 9.72. The average molecular weight is 222 g/mol. The molecule has 0 saturated carbocycles. The van der Waals surface area contributed by atoms with Crippen LogP contribution in [0.3, 0.4) is 0 Å². The molecule has 0 aromatic heterocycles. The van der Waals surface area contributed by atoms with E-state index in [2.05, 4.69) is 0 Å². The van der Waals surface area contributed by atoms with E-state index < -0.39 is 5.79 Å². The lowest BCUT2D eigenvalue weighted by atomic mass is 10.0. The van der Waals surface area contributed by atoms with E-state index in [0.29, 0.717) is 0 Å². The molecule has 0 spiro atoms. The Morgan fingerprint density at radius 2 is 1.75 bits per heavy atom. The van der Waals surface area contributed by atoms with Gasteiger partial charge in [-0.2, -0.15) is 0 Å². The van der Waals surface area contributed by atoms with Crippen molar-refractivity contribution >= 4 is 0 Å². The van der Waals surface area contributed by atoms with Gasteiger partial charge in [0.25, 0.3) is 0 Å². The van der Waals surface area contributed by atoms with Gasteiger partial charge in [0.15, 0.2) is 0 Å². The molecule has 88 valence electrons. The van der Waals surface area contributed by atoms with Crippen molar-refractivity contribution in [3.8, 4) is 0 Å². The molecule has 16 heavy (non-hydrogen) atoms. The van der Waals surface area contributed by atoms with Gasteiger partial charge in [-0.25, -0.2) is 0 Å². The van der Waals surface area contributed by atoms with Crippen LogP contribution in [-0.2, 0) is 15.3 Å². The van der Waals surface area contributed by atoms with E-state index >= 15 is 0 Å². The first kappa shape index (κ1) is 11.6. The van der Waals surface area contributed by atoms with Gasteiger partial charge in [-0.1, -0.05) is 30.3 Å². The number of rotatable bonds is 2.